The molecule has 2 aliphatic carbocycles. The molecule has 4 aliphatic rings. The van der Waals surface area contributed by atoms with Crippen LogP contribution in [-0.2, 0) is 9.59 Å². The van der Waals surface area contributed by atoms with Crippen molar-refractivity contribution in [1.29, 1.82) is 0 Å². The van der Waals surface area contributed by atoms with Crippen molar-refractivity contribution in [3.63, 3.8) is 0 Å². The highest BCUT2D eigenvalue weighted by molar-refractivity contribution is 6.03. The number of urea groups is 2. The van der Waals surface area contributed by atoms with Crippen LogP contribution >= 0.6 is 0 Å². The van der Waals surface area contributed by atoms with Crippen LogP contribution in [0, 0.1) is 25.5 Å². The van der Waals surface area contributed by atoms with Gasteiger partial charge in [-0.2, -0.15) is 0 Å². The van der Waals surface area contributed by atoms with E-state index in [0.717, 1.165) is 35.1 Å². The molecule has 2 aromatic carbocycles. The zero-order chi connectivity index (χ0) is 33.7. The van der Waals surface area contributed by atoms with E-state index >= 15 is 0 Å². The molecule has 6 amide bonds. The zero-order valence-electron chi connectivity index (χ0n) is 26.2. The fourth-order valence-electron chi connectivity index (χ4n) is 6.29. The summed E-state index contributed by atoms with van der Waals surface area (Å²) in [4.78, 5) is 58.3. The lowest BCUT2D eigenvalue weighted by atomic mass is 10.1. The third kappa shape index (κ3) is 6.63. The van der Waals surface area contributed by atoms with Gasteiger partial charge < -0.3 is 10.6 Å². The fraction of sp³-hybridized carbons (Fsp3) is 0.297. The van der Waals surface area contributed by atoms with Crippen molar-refractivity contribution in [2.75, 3.05) is 13.1 Å². The Morgan fingerprint density at radius 1 is 0.633 bits per heavy atom. The van der Waals surface area contributed by atoms with Crippen molar-refractivity contribution < 1.29 is 28.0 Å². The second-order valence-electron chi connectivity index (χ2n) is 12.5. The molecule has 2 saturated heterocycles. The van der Waals surface area contributed by atoms with Crippen molar-refractivity contribution in [2.24, 2.45) is 0 Å². The molecule has 2 N–H and O–H groups in total. The van der Waals surface area contributed by atoms with E-state index in [9.17, 15) is 28.0 Å². The molecule has 4 aromatic rings. The Hall–Kier alpha value is -5.52. The second kappa shape index (κ2) is 13.2. The standard InChI is InChI=1S/2C18H16FN3O2.CH4/c2*1-10-2-3-11(6-14(10)19)15-5-4-12(8-20-15)13-7-16(13)22-17(23)9-21-18(22)24;/h2*2-6,8,13,16H,7,9H2,1H3,(H,21,24);1H4/t2*13-,16+;/m10./s1. The van der Waals surface area contributed by atoms with Gasteiger partial charge in [0, 0.05) is 47.4 Å². The predicted molar refractivity (Wildman–Crippen MR) is 178 cm³/mol. The Morgan fingerprint density at radius 3 is 1.35 bits per heavy atom. The maximum Gasteiger partial charge on any atom is 0.324 e. The average Bonchev–Trinajstić information content (AvgIpc) is 3.99. The number of benzene rings is 2. The normalized spacial score (nSPS) is 22.2. The molecule has 2 aromatic heterocycles. The molecule has 0 bridgehead atoms. The number of aromatic nitrogens is 2. The van der Waals surface area contributed by atoms with Crippen LogP contribution in [0.1, 0.15) is 54.4 Å². The van der Waals surface area contributed by atoms with Gasteiger partial charge in [0.2, 0.25) is 11.8 Å². The van der Waals surface area contributed by atoms with Gasteiger partial charge in [-0.3, -0.25) is 29.4 Å². The summed E-state index contributed by atoms with van der Waals surface area (Å²) < 4.78 is 27.4. The molecule has 2 aliphatic heterocycles. The summed E-state index contributed by atoms with van der Waals surface area (Å²) in [6.45, 7) is 3.60. The first-order valence-electron chi connectivity index (χ1n) is 15.7. The zero-order valence-corrected chi connectivity index (χ0v) is 26.2. The molecule has 0 radical (unpaired) electrons. The summed E-state index contributed by atoms with van der Waals surface area (Å²) in [5.41, 5.74) is 6.04. The summed E-state index contributed by atoms with van der Waals surface area (Å²) in [5, 5.41) is 5.08. The lowest BCUT2D eigenvalue weighted by Gasteiger charge is -2.12. The van der Waals surface area contributed by atoms with Crippen molar-refractivity contribution in [1.82, 2.24) is 30.4 Å². The lowest BCUT2D eigenvalue weighted by Crippen LogP contribution is -2.33. The average molecular weight is 667 g/mol. The molecule has 4 fully saturated rings. The van der Waals surface area contributed by atoms with E-state index in [4.69, 9.17) is 0 Å². The Balaban J connectivity index is 0.000000167. The molecule has 0 spiro atoms. The highest BCUT2D eigenvalue weighted by Crippen LogP contribution is 2.46. The van der Waals surface area contributed by atoms with Gasteiger partial charge >= 0.3 is 12.1 Å². The summed E-state index contributed by atoms with van der Waals surface area (Å²) in [6, 6.07) is 16.9. The van der Waals surface area contributed by atoms with E-state index in [-0.39, 0.29) is 79.9 Å². The Kier molecular flexibility index (Phi) is 8.98. The number of hydrogen-bond donors (Lipinski definition) is 2. The van der Waals surface area contributed by atoms with Crippen molar-refractivity contribution in [3.8, 4) is 22.5 Å². The second-order valence-corrected chi connectivity index (χ2v) is 12.5. The van der Waals surface area contributed by atoms with Crippen LogP contribution in [0.4, 0.5) is 18.4 Å². The van der Waals surface area contributed by atoms with Crippen LogP contribution in [0.5, 0.6) is 0 Å². The van der Waals surface area contributed by atoms with E-state index in [0.29, 0.717) is 22.5 Å². The van der Waals surface area contributed by atoms with Crippen LogP contribution in [-0.4, -0.2) is 68.8 Å². The van der Waals surface area contributed by atoms with Crippen LogP contribution in [0.15, 0.2) is 73.1 Å². The quantitative estimate of drug-likeness (QED) is 0.249. The molecule has 49 heavy (non-hydrogen) atoms. The minimum atomic E-state index is -0.313. The predicted octanol–water partition coefficient (Wildman–Crippen LogP) is 5.84. The van der Waals surface area contributed by atoms with Gasteiger partial charge in [0.1, 0.15) is 11.6 Å². The first-order valence-corrected chi connectivity index (χ1v) is 15.7. The monoisotopic (exact) mass is 666 g/mol. The maximum absolute atomic E-state index is 13.7. The van der Waals surface area contributed by atoms with E-state index in [2.05, 4.69) is 20.6 Å². The first-order chi connectivity index (χ1) is 23.1. The highest BCUT2D eigenvalue weighted by atomic mass is 19.1. The van der Waals surface area contributed by atoms with Crippen molar-refractivity contribution >= 4 is 23.9 Å². The number of nitrogens with one attached hydrogen (secondary N) is 2. The van der Waals surface area contributed by atoms with Crippen LogP contribution in [0.3, 0.4) is 0 Å². The van der Waals surface area contributed by atoms with E-state index in [1.54, 1.807) is 38.4 Å². The third-order valence-electron chi connectivity index (χ3n) is 9.30. The molecule has 12 heteroatoms. The fourth-order valence-corrected chi connectivity index (χ4v) is 6.29. The van der Waals surface area contributed by atoms with Gasteiger partial charge in [0.25, 0.3) is 0 Å². The molecular weight excluding hydrogens is 630 g/mol. The number of rotatable bonds is 6. The number of imide groups is 2. The molecule has 0 unspecified atom stereocenters. The van der Waals surface area contributed by atoms with Crippen molar-refractivity contribution in [2.45, 2.75) is 58.0 Å². The van der Waals surface area contributed by atoms with E-state index < -0.39 is 0 Å². The van der Waals surface area contributed by atoms with Gasteiger partial charge in [-0.1, -0.05) is 43.8 Å². The molecule has 4 atom stereocenters. The lowest BCUT2D eigenvalue weighted by molar-refractivity contribution is -0.126. The number of halogens is 2. The van der Waals surface area contributed by atoms with Gasteiger partial charge in [0.15, 0.2) is 0 Å². The molecule has 10 nitrogen and oxygen atoms in total. The first kappa shape index (κ1) is 33.4. The molecular formula is C37H36F2N6O4. The third-order valence-corrected chi connectivity index (χ3v) is 9.30. The topological polar surface area (TPSA) is 125 Å². The number of nitrogens with zero attached hydrogens (tertiary/aromatic N) is 4. The molecule has 8 rings (SSSR count). The van der Waals surface area contributed by atoms with E-state index in [1.165, 1.54) is 21.9 Å². The summed E-state index contributed by atoms with van der Waals surface area (Å²) in [5.74, 6) is -0.582. The Morgan fingerprint density at radius 2 is 1.04 bits per heavy atom. The van der Waals surface area contributed by atoms with Gasteiger partial charge in [0.05, 0.1) is 24.5 Å². The SMILES string of the molecule is C.Cc1ccc(-c2ccc([C@@H]3C[C@H]3N3C(=O)CNC3=O)cn2)cc1F.Cc1ccc(-c2ccc([C@H]3C[C@@H]3N3C(=O)CNC3=O)cn2)cc1F. The minimum absolute atomic E-state index is 0. The number of pyridine rings is 2. The maximum atomic E-state index is 13.7. The van der Waals surface area contributed by atoms with Gasteiger partial charge in [-0.15, -0.1) is 0 Å². The molecule has 252 valence electrons. The number of carbonyl (C=O) groups is 4. The van der Waals surface area contributed by atoms with Crippen LogP contribution in [0.25, 0.3) is 22.5 Å². The van der Waals surface area contributed by atoms with Crippen LogP contribution in [0.2, 0.25) is 0 Å². The summed E-state index contributed by atoms with van der Waals surface area (Å²) in [7, 11) is 0. The summed E-state index contributed by atoms with van der Waals surface area (Å²) in [6.07, 6.45) is 5.02. The Bertz CT molecular complexity index is 1780. The number of hydrogen-bond acceptors (Lipinski definition) is 6. The smallest absolute Gasteiger partial charge is 0.324 e. The van der Waals surface area contributed by atoms with E-state index in [1.807, 2.05) is 36.4 Å². The van der Waals surface area contributed by atoms with Gasteiger partial charge in [-0.05, 0) is 73.2 Å². The Labute approximate surface area is 282 Å². The highest BCUT2D eigenvalue weighted by Gasteiger charge is 2.50. The van der Waals surface area contributed by atoms with Gasteiger partial charge in [-0.25, -0.2) is 18.4 Å². The minimum Gasteiger partial charge on any atom is -0.329 e. The van der Waals surface area contributed by atoms with Crippen LogP contribution < -0.4 is 10.6 Å². The molecule has 2 saturated carbocycles. The molecule has 4 heterocycles. The largest absolute Gasteiger partial charge is 0.329 e. The number of carbonyl (C=O) groups excluding carboxylic acids is 4. The number of aryl methyl sites for hydroxylation is 2. The number of amides is 6. The summed E-state index contributed by atoms with van der Waals surface area (Å²) >= 11 is 0. The van der Waals surface area contributed by atoms with Crippen molar-refractivity contribution in [3.05, 3.63) is 107 Å².